The van der Waals surface area contributed by atoms with Gasteiger partial charge in [-0.3, -0.25) is 4.99 Å². The number of benzene rings is 1. The molecule has 2 aromatic rings. The van der Waals surface area contributed by atoms with E-state index in [-0.39, 0.29) is 0 Å². The second kappa shape index (κ2) is 13.1. The first-order chi connectivity index (χ1) is 13.3. The zero-order valence-corrected chi connectivity index (χ0v) is 16.5. The van der Waals surface area contributed by atoms with E-state index in [2.05, 4.69) is 20.3 Å². The van der Waals surface area contributed by atoms with E-state index in [4.69, 9.17) is 10.5 Å². The summed E-state index contributed by atoms with van der Waals surface area (Å²) < 4.78 is 5.18. The first kappa shape index (κ1) is 21.9. The van der Waals surface area contributed by atoms with Gasteiger partial charge < -0.3 is 15.8 Å². The summed E-state index contributed by atoms with van der Waals surface area (Å²) in [7, 11) is 1.72. The molecule has 6 heteroatoms. The minimum atomic E-state index is 0.633. The molecule has 0 unspecified atom stereocenters. The highest BCUT2D eigenvalue weighted by molar-refractivity contribution is 6.09. The average molecular weight is 367 g/mol. The highest BCUT2D eigenvalue weighted by Crippen LogP contribution is 2.14. The monoisotopic (exact) mass is 367 g/mol. The molecule has 6 nitrogen and oxygen atoms in total. The first-order valence-electron chi connectivity index (χ1n) is 9.04. The lowest BCUT2D eigenvalue weighted by Crippen LogP contribution is -2.02. The number of hydrogen-bond donors (Lipinski definition) is 2. The van der Waals surface area contributed by atoms with Crippen molar-refractivity contribution in [1.82, 2.24) is 9.97 Å². The number of anilines is 1. The van der Waals surface area contributed by atoms with Gasteiger partial charge in [-0.05, 0) is 24.1 Å². The minimum absolute atomic E-state index is 0.633. The third kappa shape index (κ3) is 7.73. The van der Waals surface area contributed by atoms with Gasteiger partial charge in [-0.1, -0.05) is 38.1 Å². The molecule has 0 radical (unpaired) electrons. The van der Waals surface area contributed by atoms with Crippen molar-refractivity contribution in [3.05, 3.63) is 65.9 Å². The van der Waals surface area contributed by atoms with Gasteiger partial charge in [-0.15, -0.1) is 0 Å². The molecule has 0 aliphatic carbocycles. The van der Waals surface area contributed by atoms with Crippen molar-refractivity contribution in [2.75, 3.05) is 19.0 Å². The second-order valence-corrected chi connectivity index (χ2v) is 5.15. The van der Waals surface area contributed by atoms with E-state index in [0.717, 1.165) is 28.2 Å². The number of aliphatic imine (C=N–C) groups is 1. The van der Waals surface area contributed by atoms with Crippen LogP contribution in [0.4, 0.5) is 5.82 Å². The number of nitrogens with one attached hydrogen (secondary N) is 1. The summed E-state index contributed by atoms with van der Waals surface area (Å²) in [6.45, 7) is 7.23. The van der Waals surface area contributed by atoms with Gasteiger partial charge in [0.1, 0.15) is 12.1 Å². The van der Waals surface area contributed by atoms with Gasteiger partial charge in [-0.25, -0.2) is 9.97 Å². The molecule has 1 heterocycles. The molecule has 144 valence electrons. The maximum atomic E-state index is 5.63. The third-order valence-corrected chi connectivity index (χ3v) is 3.40. The van der Waals surface area contributed by atoms with E-state index >= 15 is 0 Å². The molecular formula is C21H29N5O. The molecule has 0 saturated carbocycles. The standard InChI is InChI=1S/C19H23N5O.C2H6/c1-3-25-9-8-18-10-19(24-14-23-18)22-12-15-4-6-16(7-5-15)17(11-20)13-21-2;1-2/h4-11,13-14H,3,12,20H2,1-2H3,(H,22,23,24);1-2H3/b9-8+,17-11+,21-13?;. The number of allylic oxidation sites excluding steroid dienone is 1. The highest BCUT2D eigenvalue weighted by Gasteiger charge is 2.00. The molecule has 0 amide bonds. The van der Waals surface area contributed by atoms with Crippen LogP contribution in [0.3, 0.4) is 0 Å². The normalized spacial score (nSPS) is 11.3. The smallest absolute Gasteiger partial charge is 0.130 e. The maximum absolute atomic E-state index is 5.63. The Hall–Kier alpha value is -3.15. The fourth-order valence-corrected chi connectivity index (χ4v) is 2.13. The molecule has 0 spiro atoms. The van der Waals surface area contributed by atoms with Crippen molar-refractivity contribution in [3.63, 3.8) is 0 Å². The SMILES string of the molecule is CC.CCO/C=C/c1cc(NCc2ccc(/C(C=NC)=C/N)cc2)ncn1. The molecule has 2 rings (SSSR count). The minimum Gasteiger partial charge on any atom is -0.501 e. The molecule has 1 aromatic carbocycles. The predicted molar refractivity (Wildman–Crippen MR) is 114 cm³/mol. The van der Waals surface area contributed by atoms with Crippen LogP contribution in [-0.2, 0) is 11.3 Å². The number of aromatic nitrogens is 2. The van der Waals surface area contributed by atoms with Crippen LogP contribution in [0.2, 0.25) is 0 Å². The van der Waals surface area contributed by atoms with Crippen LogP contribution in [0.15, 0.2) is 54.1 Å². The summed E-state index contributed by atoms with van der Waals surface area (Å²) >= 11 is 0. The summed E-state index contributed by atoms with van der Waals surface area (Å²) in [4.78, 5) is 12.4. The van der Waals surface area contributed by atoms with E-state index in [1.807, 2.05) is 51.1 Å². The zero-order valence-electron chi connectivity index (χ0n) is 16.5. The van der Waals surface area contributed by atoms with Crippen LogP contribution in [0, 0.1) is 0 Å². The van der Waals surface area contributed by atoms with E-state index in [0.29, 0.717) is 13.2 Å². The molecule has 0 aliphatic heterocycles. The molecule has 0 saturated heterocycles. The maximum Gasteiger partial charge on any atom is 0.130 e. The topological polar surface area (TPSA) is 85.4 Å². The predicted octanol–water partition coefficient (Wildman–Crippen LogP) is 4.12. The van der Waals surface area contributed by atoms with Crippen molar-refractivity contribution < 1.29 is 4.74 Å². The quantitative estimate of drug-likeness (QED) is 0.541. The number of rotatable bonds is 8. The van der Waals surface area contributed by atoms with Crippen LogP contribution in [0.25, 0.3) is 11.6 Å². The summed E-state index contributed by atoms with van der Waals surface area (Å²) in [5.74, 6) is 0.760. The molecule has 0 atom stereocenters. The Morgan fingerprint density at radius 3 is 2.59 bits per heavy atom. The Balaban J connectivity index is 0.00000176. The Kier molecular flexibility index (Phi) is 10.6. The second-order valence-electron chi connectivity index (χ2n) is 5.15. The van der Waals surface area contributed by atoms with Crippen LogP contribution in [0.1, 0.15) is 37.6 Å². The third-order valence-electron chi connectivity index (χ3n) is 3.40. The van der Waals surface area contributed by atoms with E-state index in [1.165, 1.54) is 6.33 Å². The molecular weight excluding hydrogens is 338 g/mol. The fraction of sp³-hybridized carbons (Fsp3) is 0.286. The lowest BCUT2D eigenvalue weighted by atomic mass is 10.1. The van der Waals surface area contributed by atoms with Gasteiger partial charge >= 0.3 is 0 Å². The highest BCUT2D eigenvalue weighted by atomic mass is 16.5. The van der Waals surface area contributed by atoms with Gasteiger partial charge in [0.25, 0.3) is 0 Å². The van der Waals surface area contributed by atoms with Crippen LogP contribution in [-0.4, -0.2) is 29.8 Å². The Labute approximate surface area is 161 Å². The van der Waals surface area contributed by atoms with Crippen molar-refractivity contribution >= 4 is 23.7 Å². The molecule has 1 aromatic heterocycles. The van der Waals surface area contributed by atoms with E-state index < -0.39 is 0 Å². The summed E-state index contributed by atoms with van der Waals surface area (Å²) in [6.07, 6.45) is 8.26. The lowest BCUT2D eigenvalue weighted by molar-refractivity contribution is 0.272. The number of ether oxygens (including phenoxy) is 1. The molecule has 0 fully saturated rings. The molecule has 27 heavy (non-hydrogen) atoms. The Morgan fingerprint density at radius 2 is 1.96 bits per heavy atom. The van der Waals surface area contributed by atoms with Crippen molar-refractivity contribution in [1.29, 1.82) is 0 Å². The molecule has 3 N–H and O–H groups in total. The van der Waals surface area contributed by atoms with Gasteiger partial charge in [0, 0.05) is 37.6 Å². The molecule has 0 bridgehead atoms. The van der Waals surface area contributed by atoms with Crippen molar-refractivity contribution in [2.24, 2.45) is 10.7 Å². The number of nitrogens with two attached hydrogens (primary N) is 1. The largest absolute Gasteiger partial charge is 0.501 e. The van der Waals surface area contributed by atoms with Gasteiger partial charge in [0.2, 0.25) is 0 Å². The molecule has 0 aliphatic rings. The van der Waals surface area contributed by atoms with Gasteiger partial charge in [-0.2, -0.15) is 0 Å². The van der Waals surface area contributed by atoms with E-state index in [1.54, 1.807) is 31.8 Å². The number of hydrogen-bond acceptors (Lipinski definition) is 6. The first-order valence-corrected chi connectivity index (χ1v) is 9.04. The Morgan fingerprint density at radius 1 is 1.22 bits per heavy atom. The fourth-order valence-electron chi connectivity index (χ4n) is 2.13. The van der Waals surface area contributed by atoms with Gasteiger partial charge in [0.15, 0.2) is 0 Å². The van der Waals surface area contributed by atoms with Crippen LogP contribution >= 0.6 is 0 Å². The van der Waals surface area contributed by atoms with Gasteiger partial charge in [0.05, 0.1) is 18.6 Å². The van der Waals surface area contributed by atoms with Crippen molar-refractivity contribution in [2.45, 2.75) is 27.3 Å². The zero-order chi connectivity index (χ0) is 19.9. The lowest BCUT2D eigenvalue weighted by Gasteiger charge is -2.07. The number of nitrogens with zero attached hydrogens (tertiary/aromatic N) is 3. The summed E-state index contributed by atoms with van der Waals surface area (Å²) in [6, 6.07) is 10.0. The van der Waals surface area contributed by atoms with Crippen LogP contribution < -0.4 is 11.1 Å². The Bertz CT molecular complexity index is 751. The van der Waals surface area contributed by atoms with Crippen molar-refractivity contribution in [3.8, 4) is 0 Å². The summed E-state index contributed by atoms with van der Waals surface area (Å²) in [5, 5.41) is 3.29. The van der Waals surface area contributed by atoms with E-state index in [9.17, 15) is 0 Å². The van der Waals surface area contributed by atoms with Crippen LogP contribution in [0.5, 0.6) is 0 Å². The average Bonchev–Trinajstić information content (AvgIpc) is 2.73. The summed E-state index contributed by atoms with van der Waals surface area (Å²) in [5.41, 5.74) is 9.48.